The Morgan fingerprint density at radius 1 is 1.24 bits per heavy atom. The van der Waals surface area contributed by atoms with E-state index in [1.807, 2.05) is 6.92 Å². The van der Waals surface area contributed by atoms with Crippen LogP contribution in [0.2, 0.25) is 0 Å². The van der Waals surface area contributed by atoms with E-state index >= 15 is 0 Å². The topological polar surface area (TPSA) is 98.7 Å². The fraction of sp³-hybridized carbons (Fsp3) is 0.150. The van der Waals surface area contributed by atoms with Crippen LogP contribution in [-0.2, 0) is 6.42 Å². The fourth-order valence-corrected chi connectivity index (χ4v) is 2.73. The van der Waals surface area contributed by atoms with Crippen LogP contribution in [0.15, 0.2) is 53.6 Å². The monoisotopic (exact) mass is 392 g/mol. The summed E-state index contributed by atoms with van der Waals surface area (Å²) < 4.78 is 20.1. The zero-order valence-corrected chi connectivity index (χ0v) is 15.8. The summed E-state index contributed by atoms with van der Waals surface area (Å²) >= 11 is 0. The van der Waals surface area contributed by atoms with Gasteiger partial charge >= 0.3 is 0 Å². The van der Waals surface area contributed by atoms with Crippen LogP contribution in [0.4, 0.5) is 10.1 Å². The highest BCUT2D eigenvalue weighted by Crippen LogP contribution is 2.20. The van der Waals surface area contributed by atoms with E-state index in [2.05, 4.69) is 25.4 Å². The molecule has 0 radical (unpaired) electrons. The van der Waals surface area contributed by atoms with Crippen LogP contribution in [-0.4, -0.2) is 30.6 Å². The van der Waals surface area contributed by atoms with Gasteiger partial charge in [0.2, 0.25) is 0 Å². The van der Waals surface area contributed by atoms with E-state index in [0.717, 1.165) is 0 Å². The number of halogens is 1. The van der Waals surface area contributed by atoms with Gasteiger partial charge in [-0.25, -0.2) is 14.4 Å². The molecule has 1 N–H and O–H groups in total. The van der Waals surface area contributed by atoms with E-state index in [-0.39, 0.29) is 11.5 Å². The highest BCUT2D eigenvalue weighted by Gasteiger charge is 2.14. The van der Waals surface area contributed by atoms with E-state index in [1.54, 1.807) is 36.0 Å². The molecule has 4 rings (SSSR count). The summed E-state index contributed by atoms with van der Waals surface area (Å²) in [7, 11) is 0. The molecular formula is C20H17FN6O2. The molecule has 0 aliphatic rings. The van der Waals surface area contributed by atoms with E-state index in [9.17, 15) is 9.18 Å². The van der Waals surface area contributed by atoms with Gasteiger partial charge in [-0.05, 0) is 42.8 Å². The Balaban J connectivity index is 1.55. The lowest BCUT2D eigenvalue weighted by Gasteiger charge is -2.06. The van der Waals surface area contributed by atoms with E-state index < -0.39 is 5.91 Å². The molecule has 3 aromatic heterocycles. The molecule has 0 bridgehead atoms. The second kappa shape index (κ2) is 7.63. The molecule has 4 aromatic rings. The van der Waals surface area contributed by atoms with Gasteiger partial charge < -0.3 is 9.84 Å². The molecule has 0 saturated carbocycles. The standard InChI is InChI=1S/C20H17FN6O2/c1-3-17-25-20(29-26-17)13-6-7-22-18(9-13)27-10-16(23-11-27)19(28)24-15-5-4-14(21)8-12(15)2/h4-11H,3H2,1-2H3,(H,24,28). The summed E-state index contributed by atoms with van der Waals surface area (Å²) in [6, 6.07) is 7.68. The molecule has 0 spiro atoms. The molecule has 0 saturated heterocycles. The van der Waals surface area contributed by atoms with E-state index in [0.29, 0.717) is 40.8 Å². The van der Waals surface area contributed by atoms with Gasteiger partial charge in [-0.1, -0.05) is 12.1 Å². The van der Waals surface area contributed by atoms with Gasteiger partial charge in [-0.15, -0.1) is 0 Å². The van der Waals surface area contributed by atoms with Crippen molar-refractivity contribution >= 4 is 11.6 Å². The molecule has 0 aliphatic heterocycles. The number of carbonyl (C=O) groups is 1. The summed E-state index contributed by atoms with van der Waals surface area (Å²) in [6.45, 7) is 3.66. The number of carbonyl (C=O) groups excluding carboxylic acids is 1. The summed E-state index contributed by atoms with van der Waals surface area (Å²) in [6.07, 6.45) is 5.34. The zero-order chi connectivity index (χ0) is 20.4. The van der Waals surface area contributed by atoms with Crippen molar-refractivity contribution in [2.24, 2.45) is 0 Å². The average Bonchev–Trinajstić information content (AvgIpc) is 3.40. The van der Waals surface area contributed by atoms with Crippen molar-refractivity contribution in [2.45, 2.75) is 20.3 Å². The number of aromatic nitrogens is 5. The van der Waals surface area contributed by atoms with Crippen LogP contribution < -0.4 is 5.32 Å². The van der Waals surface area contributed by atoms with Crippen molar-refractivity contribution in [3.63, 3.8) is 0 Å². The molecule has 8 nitrogen and oxygen atoms in total. The Bertz CT molecular complexity index is 1180. The highest BCUT2D eigenvalue weighted by molar-refractivity contribution is 6.03. The molecule has 0 atom stereocenters. The Labute approximate surface area is 165 Å². The molecule has 0 unspecified atom stereocenters. The molecule has 1 amide bonds. The second-order valence-electron chi connectivity index (χ2n) is 6.35. The molecule has 9 heteroatoms. The number of anilines is 1. The number of hydrogen-bond donors (Lipinski definition) is 1. The van der Waals surface area contributed by atoms with Crippen molar-refractivity contribution in [2.75, 3.05) is 5.32 Å². The number of imidazole rings is 1. The maximum Gasteiger partial charge on any atom is 0.275 e. The Hall–Kier alpha value is -3.88. The minimum Gasteiger partial charge on any atom is -0.334 e. The van der Waals surface area contributed by atoms with Crippen LogP contribution in [0.5, 0.6) is 0 Å². The molecule has 0 aliphatic carbocycles. The number of hydrogen-bond acceptors (Lipinski definition) is 6. The van der Waals surface area contributed by atoms with Gasteiger partial charge in [0.15, 0.2) is 5.82 Å². The average molecular weight is 392 g/mol. The van der Waals surface area contributed by atoms with Crippen molar-refractivity contribution in [1.82, 2.24) is 24.7 Å². The number of nitrogens with zero attached hydrogens (tertiary/aromatic N) is 5. The highest BCUT2D eigenvalue weighted by atomic mass is 19.1. The fourth-order valence-electron chi connectivity index (χ4n) is 2.73. The number of rotatable bonds is 5. The number of pyridine rings is 1. The van der Waals surface area contributed by atoms with Crippen LogP contribution >= 0.6 is 0 Å². The zero-order valence-electron chi connectivity index (χ0n) is 15.8. The molecule has 146 valence electrons. The summed E-state index contributed by atoms with van der Waals surface area (Å²) in [5.74, 6) is 0.803. The third-order valence-corrected chi connectivity index (χ3v) is 4.29. The van der Waals surface area contributed by atoms with Crippen molar-refractivity contribution < 1.29 is 13.7 Å². The van der Waals surface area contributed by atoms with Crippen molar-refractivity contribution in [1.29, 1.82) is 0 Å². The molecule has 3 heterocycles. The minimum atomic E-state index is -0.404. The maximum atomic E-state index is 13.2. The van der Waals surface area contributed by atoms with E-state index in [4.69, 9.17) is 4.52 Å². The van der Waals surface area contributed by atoms with E-state index in [1.165, 1.54) is 24.5 Å². The Morgan fingerprint density at radius 3 is 2.86 bits per heavy atom. The smallest absolute Gasteiger partial charge is 0.275 e. The molecule has 29 heavy (non-hydrogen) atoms. The number of aryl methyl sites for hydroxylation is 2. The maximum absolute atomic E-state index is 13.2. The van der Waals surface area contributed by atoms with Gasteiger partial charge in [-0.2, -0.15) is 4.98 Å². The quantitative estimate of drug-likeness (QED) is 0.557. The first-order valence-corrected chi connectivity index (χ1v) is 8.94. The second-order valence-corrected chi connectivity index (χ2v) is 6.35. The third kappa shape index (κ3) is 3.88. The first kappa shape index (κ1) is 18.5. The van der Waals surface area contributed by atoms with Gasteiger partial charge in [0.25, 0.3) is 11.8 Å². The van der Waals surface area contributed by atoms with Crippen LogP contribution in [0.25, 0.3) is 17.3 Å². The van der Waals surface area contributed by atoms with Crippen LogP contribution in [0, 0.1) is 12.7 Å². The van der Waals surface area contributed by atoms with Gasteiger partial charge in [0, 0.05) is 30.1 Å². The van der Waals surface area contributed by atoms with Gasteiger partial charge in [0.1, 0.15) is 23.7 Å². The predicted octanol–water partition coefficient (Wildman–Crippen LogP) is 3.58. The van der Waals surface area contributed by atoms with Crippen molar-refractivity contribution in [3.05, 3.63) is 72.0 Å². The number of nitrogens with one attached hydrogen (secondary N) is 1. The van der Waals surface area contributed by atoms with Crippen molar-refractivity contribution in [3.8, 4) is 17.3 Å². The lowest BCUT2D eigenvalue weighted by atomic mass is 10.2. The minimum absolute atomic E-state index is 0.201. The van der Waals surface area contributed by atoms with Gasteiger partial charge in [-0.3, -0.25) is 9.36 Å². The summed E-state index contributed by atoms with van der Waals surface area (Å²) in [5, 5.41) is 6.62. The molecular weight excluding hydrogens is 375 g/mol. The lowest BCUT2D eigenvalue weighted by Crippen LogP contribution is -2.13. The third-order valence-electron chi connectivity index (χ3n) is 4.29. The van der Waals surface area contributed by atoms with Crippen LogP contribution in [0.1, 0.15) is 28.8 Å². The first-order valence-electron chi connectivity index (χ1n) is 8.94. The predicted molar refractivity (Wildman–Crippen MR) is 103 cm³/mol. The summed E-state index contributed by atoms with van der Waals surface area (Å²) in [5.41, 5.74) is 2.06. The molecule has 1 aromatic carbocycles. The summed E-state index contributed by atoms with van der Waals surface area (Å²) in [4.78, 5) is 25.2. The van der Waals surface area contributed by atoms with Crippen LogP contribution in [0.3, 0.4) is 0 Å². The number of benzene rings is 1. The molecule has 0 fully saturated rings. The normalized spacial score (nSPS) is 10.9. The lowest BCUT2D eigenvalue weighted by molar-refractivity contribution is 0.102. The Morgan fingerprint density at radius 2 is 2.10 bits per heavy atom. The first-order chi connectivity index (χ1) is 14.0. The van der Waals surface area contributed by atoms with Gasteiger partial charge in [0.05, 0.1) is 0 Å². The number of amides is 1. The SMILES string of the molecule is CCc1noc(-c2ccnc(-n3cnc(C(=O)Nc4ccc(F)cc4C)c3)c2)n1. The Kier molecular flexibility index (Phi) is 4.86. The largest absolute Gasteiger partial charge is 0.334 e.